The molecule has 0 aliphatic heterocycles. The molecule has 0 aromatic rings. The van der Waals surface area contributed by atoms with Crippen molar-refractivity contribution in [1.29, 1.82) is 0 Å². The third-order valence-corrected chi connectivity index (χ3v) is 2.64. The first-order valence-corrected chi connectivity index (χ1v) is 4.07. The van der Waals surface area contributed by atoms with Gasteiger partial charge in [0.05, 0.1) is 0 Å². The Morgan fingerprint density at radius 3 is 2.80 bits per heavy atom. The zero-order valence-electron chi connectivity index (χ0n) is 6.05. The van der Waals surface area contributed by atoms with E-state index in [0.717, 1.165) is 25.2 Å². The fourth-order valence-corrected chi connectivity index (χ4v) is 1.90. The number of carbonyl (C=O) groups is 1. The Hall–Kier alpha value is -0.590. The van der Waals surface area contributed by atoms with Gasteiger partial charge in [-0.3, -0.25) is 4.79 Å². The summed E-state index contributed by atoms with van der Waals surface area (Å²) in [4.78, 5) is 11.2. The van der Waals surface area contributed by atoms with Crippen LogP contribution in [-0.4, -0.2) is 5.78 Å². The first-order valence-electron chi connectivity index (χ1n) is 4.07. The van der Waals surface area contributed by atoms with E-state index in [9.17, 15) is 4.79 Å². The molecule has 0 aromatic carbocycles. The molecule has 3 aliphatic carbocycles. The van der Waals surface area contributed by atoms with Crippen LogP contribution in [0.3, 0.4) is 0 Å². The summed E-state index contributed by atoms with van der Waals surface area (Å²) in [6.07, 6.45) is 8.63. The Kier molecular flexibility index (Phi) is 1.37. The van der Waals surface area contributed by atoms with Crippen LogP contribution in [0.15, 0.2) is 12.2 Å². The first kappa shape index (κ1) is 6.14. The summed E-state index contributed by atoms with van der Waals surface area (Å²) in [7, 11) is 0. The molecule has 0 saturated heterocycles. The quantitative estimate of drug-likeness (QED) is 0.465. The fourth-order valence-electron chi connectivity index (χ4n) is 1.90. The second-order valence-electron chi connectivity index (χ2n) is 3.33. The van der Waals surface area contributed by atoms with Gasteiger partial charge in [0.15, 0.2) is 0 Å². The predicted octanol–water partition coefficient (Wildman–Crippen LogP) is 1.93. The Morgan fingerprint density at radius 2 is 2.10 bits per heavy atom. The number of rotatable bonds is 0. The van der Waals surface area contributed by atoms with E-state index >= 15 is 0 Å². The van der Waals surface area contributed by atoms with Crippen molar-refractivity contribution in [2.24, 2.45) is 11.8 Å². The number of hydrogen-bond acceptors (Lipinski definition) is 1. The van der Waals surface area contributed by atoms with Crippen LogP contribution in [0.4, 0.5) is 0 Å². The van der Waals surface area contributed by atoms with Crippen LogP contribution in [0, 0.1) is 11.8 Å². The molecule has 2 unspecified atom stereocenters. The van der Waals surface area contributed by atoms with E-state index in [0.29, 0.717) is 11.7 Å². The van der Waals surface area contributed by atoms with Gasteiger partial charge in [0.25, 0.3) is 0 Å². The van der Waals surface area contributed by atoms with Gasteiger partial charge < -0.3 is 0 Å². The number of ketones is 1. The van der Waals surface area contributed by atoms with Crippen molar-refractivity contribution in [3.8, 4) is 0 Å². The molecular formula is C9H12O. The summed E-state index contributed by atoms with van der Waals surface area (Å²) in [5, 5.41) is 0. The first-order chi connectivity index (χ1) is 4.86. The smallest absolute Gasteiger partial charge is 0.139 e. The zero-order valence-corrected chi connectivity index (χ0v) is 6.05. The summed E-state index contributed by atoms with van der Waals surface area (Å²) in [6.45, 7) is 0. The van der Waals surface area contributed by atoms with Gasteiger partial charge in [0.1, 0.15) is 5.78 Å². The van der Waals surface area contributed by atoms with Crippen LogP contribution in [0.25, 0.3) is 0 Å². The van der Waals surface area contributed by atoms with Gasteiger partial charge in [0.2, 0.25) is 0 Å². The van der Waals surface area contributed by atoms with E-state index in [-0.39, 0.29) is 0 Å². The van der Waals surface area contributed by atoms with Crippen LogP contribution in [0.1, 0.15) is 25.7 Å². The van der Waals surface area contributed by atoms with E-state index in [2.05, 4.69) is 12.2 Å². The van der Waals surface area contributed by atoms with E-state index in [1.54, 1.807) is 0 Å². The van der Waals surface area contributed by atoms with Crippen molar-refractivity contribution < 1.29 is 4.79 Å². The number of fused-ring (bicyclic) bond motifs is 3. The van der Waals surface area contributed by atoms with Crippen LogP contribution in [-0.2, 0) is 4.79 Å². The van der Waals surface area contributed by atoms with Gasteiger partial charge in [-0.1, -0.05) is 12.2 Å². The van der Waals surface area contributed by atoms with E-state index in [1.165, 1.54) is 6.42 Å². The number of allylic oxidation sites excluding steroid dienone is 2. The molecule has 0 spiro atoms. The van der Waals surface area contributed by atoms with Crippen molar-refractivity contribution in [1.82, 2.24) is 0 Å². The van der Waals surface area contributed by atoms with Gasteiger partial charge in [-0.2, -0.15) is 0 Å². The Balaban J connectivity index is 2.25. The van der Waals surface area contributed by atoms with Gasteiger partial charge in [-0.15, -0.1) is 0 Å². The normalized spacial score (nSPS) is 38.2. The Morgan fingerprint density at radius 1 is 1.20 bits per heavy atom. The lowest BCUT2D eigenvalue weighted by Crippen LogP contribution is -2.10. The lowest BCUT2D eigenvalue weighted by atomic mass is 9.91. The third kappa shape index (κ3) is 0.898. The largest absolute Gasteiger partial charge is 0.299 e. The molecule has 1 heteroatoms. The summed E-state index contributed by atoms with van der Waals surface area (Å²) in [6, 6.07) is 0. The van der Waals surface area contributed by atoms with Crippen molar-refractivity contribution in [2.45, 2.75) is 25.7 Å². The molecule has 0 amide bonds. The predicted molar refractivity (Wildman–Crippen MR) is 39.6 cm³/mol. The average molecular weight is 136 g/mol. The highest BCUT2D eigenvalue weighted by atomic mass is 16.1. The standard InChI is InChI=1S/C9H12O/c10-9-6-3-7-1-4-8(9)5-2-7/h1,4,7-8H,2-3,5-6H2. The molecule has 1 fully saturated rings. The maximum atomic E-state index is 11.2. The monoisotopic (exact) mass is 136 g/mol. The van der Waals surface area contributed by atoms with Gasteiger partial charge in [-0.05, 0) is 25.2 Å². The second-order valence-corrected chi connectivity index (χ2v) is 3.33. The molecule has 1 nitrogen and oxygen atoms in total. The number of Topliss-reactive ketones (excluding diaryl/α,β-unsaturated/α-hetero) is 1. The van der Waals surface area contributed by atoms with E-state index in [1.807, 2.05) is 0 Å². The number of carbonyl (C=O) groups excluding carboxylic acids is 1. The minimum absolute atomic E-state index is 0.291. The Bertz CT molecular complexity index is 181. The molecule has 2 bridgehead atoms. The molecular weight excluding hydrogens is 124 g/mol. The summed E-state index contributed by atoms with van der Waals surface area (Å²) < 4.78 is 0. The molecule has 0 aromatic heterocycles. The molecule has 3 aliphatic rings. The van der Waals surface area contributed by atoms with Crippen LogP contribution >= 0.6 is 0 Å². The summed E-state index contributed by atoms with van der Waals surface area (Å²) >= 11 is 0. The minimum Gasteiger partial charge on any atom is -0.299 e. The molecule has 10 heavy (non-hydrogen) atoms. The van der Waals surface area contributed by atoms with E-state index in [4.69, 9.17) is 0 Å². The maximum Gasteiger partial charge on any atom is 0.139 e. The molecule has 0 N–H and O–H groups in total. The highest BCUT2D eigenvalue weighted by molar-refractivity contribution is 5.83. The van der Waals surface area contributed by atoms with Crippen molar-refractivity contribution >= 4 is 5.78 Å². The van der Waals surface area contributed by atoms with Crippen LogP contribution in [0.5, 0.6) is 0 Å². The molecule has 0 heterocycles. The van der Waals surface area contributed by atoms with Crippen LogP contribution in [0.2, 0.25) is 0 Å². The maximum absolute atomic E-state index is 11.2. The molecule has 0 radical (unpaired) electrons. The average Bonchev–Trinajstić information content (AvgIpc) is 2.24. The number of hydrogen-bond donors (Lipinski definition) is 0. The van der Waals surface area contributed by atoms with Gasteiger partial charge in [0, 0.05) is 12.3 Å². The van der Waals surface area contributed by atoms with Crippen molar-refractivity contribution in [3.05, 3.63) is 12.2 Å². The lowest BCUT2D eigenvalue weighted by Gasteiger charge is -2.14. The lowest BCUT2D eigenvalue weighted by molar-refractivity contribution is -0.121. The second kappa shape index (κ2) is 2.22. The third-order valence-electron chi connectivity index (χ3n) is 2.64. The molecule has 2 atom stereocenters. The molecule has 3 rings (SSSR count). The SMILES string of the molecule is O=C1CCC2C=CC1CC2. The van der Waals surface area contributed by atoms with E-state index < -0.39 is 0 Å². The van der Waals surface area contributed by atoms with Gasteiger partial charge >= 0.3 is 0 Å². The molecule has 54 valence electrons. The van der Waals surface area contributed by atoms with Crippen molar-refractivity contribution in [2.75, 3.05) is 0 Å². The zero-order chi connectivity index (χ0) is 6.97. The summed E-state index contributed by atoms with van der Waals surface area (Å²) in [5.74, 6) is 1.48. The molecule has 1 saturated carbocycles. The van der Waals surface area contributed by atoms with Crippen molar-refractivity contribution in [3.63, 3.8) is 0 Å². The minimum atomic E-state index is 0.291. The topological polar surface area (TPSA) is 17.1 Å². The fraction of sp³-hybridized carbons (Fsp3) is 0.667. The summed E-state index contributed by atoms with van der Waals surface area (Å²) in [5.41, 5.74) is 0. The van der Waals surface area contributed by atoms with Gasteiger partial charge in [-0.25, -0.2) is 0 Å². The highest BCUT2D eigenvalue weighted by Gasteiger charge is 2.25. The Labute approximate surface area is 61.1 Å². The van der Waals surface area contributed by atoms with Crippen LogP contribution < -0.4 is 0 Å². The highest BCUT2D eigenvalue weighted by Crippen LogP contribution is 2.31.